The lowest BCUT2D eigenvalue weighted by Gasteiger charge is -2.29. The van der Waals surface area contributed by atoms with Crippen LogP contribution in [0.1, 0.15) is 43.4 Å². The maximum atomic E-state index is 13.2. The Morgan fingerprint density at radius 3 is 2.09 bits per heavy atom. The number of benzene rings is 3. The van der Waals surface area contributed by atoms with Crippen molar-refractivity contribution in [2.45, 2.75) is 44.6 Å². The zero-order valence-corrected chi connectivity index (χ0v) is 21.9. The van der Waals surface area contributed by atoms with Gasteiger partial charge in [-0.05, 0) is 54.3 Å². The molecule has 3 aromatic carbocycles. The average molecular weight is 525 g/mol. The standard InChI is InChI=1S/C26H28Cl3NO2S/c1-18(30-33(31,32)17-26(2,3)21-7-5-4-6-8-21)24(19-9-12-22(27)13-10-19)15-20-11-14-23(28)16-25(20)29/h4-14,16,18,24,30H,15,17H2,1-3H3. The highest BCUT2D eigenvalue weighted by Gasteiger charge is 2.31. The van der Waals surface area contributed by atoms with Gasteiger partial charge in [0.2, 0.25) is 10.0 Å². The molecule has 0 radical (unpaired) electrons. The van der Waals surface area contributed by atoms with Crippen LogP contribution < -0.4 is 4.72 Å². The molecule has 0 aliphatic rings. The molecule has 3 rings (SSSR count). The van der Waals surface area contributed by atoms with Gasteiger partial charge in [0.15, 0.2) is 0 Å². The number of rotatable bonds is 9. The molecule has 7 heteroatoms. The molecule has 0 aliphatic carbocycles. The summed E-state index contributed by atoms with van der Waals surface area (Å²) in [5.74, 6) is -0.181. The van der Waals surface area contributed by atoms with Crippen molar-refractivity contribution < 1.29 is 8.42 Å². The summed E-state index contributed by atoms with van der Waals surface area (Å²) in [6, 6.07) is 22.2. The number of hydrogen-bond acceptors (Lipinski definition) is 2. The SMILES string of the molecule is CC(NS(=O)(=O)CC(C)(C)c1ccccc1)C(Cc1ccc(Cl)cc1Cl)c1ccc(Cl)cc1. The highest BCUT2D eigenvalue weighted by molar-refractivity contribution is 7.89. The minimum absolute atomic E-state index is 0.0244. The summed E-state index contributed by atoms with van der Waals surface area (Å²) in [6.07, 6.45) is 0.545. The van der Waals surface area contributed by atoms with E-state index in [2.05, 4.69) is 4.72 Å². The second-order valence-electron chi connectivity index (χ2n) is 9.01. The van der Waals surface area contributed by atoms with Gasteiger partial charge in [-0.2, -0.15) is 0 Å². The van der Waals surface area contributed by atoms with E-state index in [4.69, 9.17) is 34.8 Å². The van der Waals surface area contributed by atoms with Crippen LogP contribution in [0, 0.1) is 0 Å². The van der Waals surface area contributed by atoms with E-state index in [-0.39, 0.29) is 17.7 Å². The van der Waals surface area contributed by atoms with Crippen molar-refractivity contribution >= 4 is 44.8 Å². The fraction of sp³-hybridized carbons (Fsp3) is 0.308. The molecule has 2 atom stereocenters. The Hall–Kier alpha value is -1.56. The van der Waals surface area contributed by atoms with Gasteiger partial charge in [0.1, 0.15) is 0 Å². The Morgan fingerprint density at radius 2 is 1.48 bits per heavy atom. The van der Waals surface area contributed by atoms with Gasteiger partial charge >= 0.3 is 0 Å². The van der Waals surface area contributed by atoms with Crippen molar-refractivity contribution in [3.63, 3.8) is 0 Å². The van der Waals surface area contributed by atoms with E-state index < -0.39 is 15.4 Å². The molecule has 0 saturated carbocycles. The van der Waals surface area contributed by atoms with Crippen LogP contribution in [0.4, 0.5) is 0 Å². The van der Waals surface area contributed by atoms with Crippen molar-refractivity contribution in [3.05, 3.63) is 105 Å². The van der Waals surface area contributed by atoms with Crippen molar-refractivity contribution in [1.82, 2.24) is 4.72 Å². The second-order valence-corrected chi connectivity index (χ2v) is 12.0. The lowest BCUT2D eigenvalue weighted by molar-refractivity contribution is 0.490. The second kappa shape index (κ2) is 10.8. The molecule has 0 bridgehead atoms. The summed E-state index contributed by atoms with van der Waals surface area (Å²) in [6.45, 7) is 5.77. The van der Waals surface area contributed by atoms with Crippen LogP contribution in [0.15, 0.2) is 72.8 Å². The first-order chi connectivity index (χ1) is 15.5. The predicted molar refractivity (Wildman–Crippen MR) is 140 cm³/mol. The van der Waals surface area contributed by atoms with E-state index in [1.807, 2.05) is 81.4 Å². The third-order valence-corrected chi connectivity index (χ3v) is 8.50. The molecule has 0 aromatic heterocycles. The smallest absolute Gasteiger partial charge is 0.212 e. The van der Waals surface area contributed by atoms with Crippen LogP contribution in [-0.4, -0.2) is 20.2 Å². The summed E-state index contributed by atoms with van der Waals surface area (Å²) >= 11 is 18.6. The molecule has 2 unspecified atom stereocenters. The first kappa shape index (κ1) is 26.1. The van der Waals surface area contributed by atoms with Gasteiger partial charge in [-0.3, -0.25) is 0 Å². The highest BCUT2D eigenvalue weighted by atomic mass is 35.5. The van der Waals surface area contributed by atoms with Gasteiger partial charge in [0.05, 0.1) is 5.75 Å². The van der Waals surface area contributed by atoms with Crippen LogP contribution in [0.5, 0.6) is 0 Å². The van der Waals surface area contributed by atoms with Gasteiger partial charge in [0, 0.05) is 32.4 Å². The largest absolute Gasteiger partial charge is 0.212 e. The van der Waals surface area contributed by atoms with Crippen molar-refractivity contribution in [2.75, 3.05) is 5.75 Å². The van der Waals surface area contributed by atoms with E-state index >= 15 is 0 Å². The third-order valence-electron chi connectivity index (χ3n) is 5.83. The molecule has 0 fully saturated rings. The minimum atomic E-state index is -3.59. The van der Waals surface area contributed by atoms with E-state index in [0.717, 1.165) is 16.7 Å². The first-order valence-electron chi connectivity index (χ1n) is 10.7. The summed E-state index contributed by atoms with van der Waals surface area (Å²) in [5, 5.41) is 1.74. The molecule has 1 N–H and O–H groups in total. The lowest BCUT2D eigenvalue weighted by atomic mass is 9.87. The fourth-order valence-electron chi connectivity index (χ4n) is 4.07. The van der Waals surface area contributed by atoms with Crippen molar-refractivity contribution in [1.29, 1.82) is 0 Å². The van der Waals surface area contributed by atoms with Crippen LogP contribution >= 0.6 is 34.8 Å². The number of halogens is 3. The zero-order chi connectivity index (χ0) is 24.2. The molecule has 0 spiro atoms. The van der Waals surface area contributed by atoms with Crippen molar-refractivity contribution in [3.8, 4) is 0 Å². The van der Waals surface area contributed by atoms with Gasteiger partial charge in [-0.15, -0.1) is 0 Å². The van der Waals surface area contributed by atoms with Crippen LogP contribution in [0.3, 0.4) is 0 Å². The van der Waals surface area contributed by atoms with E-state index in [1.165, 1.54) is 0 Å². The Kier molecular flexibility index (Phi) is 8.52. The minimum Gasteiger partial charge on any atom is -0.212 e. The van der Waals surface area contributed by atoms with Crippen molar-refractivity contribution in [2.24, 2.45) is 0 Å². The van der Waals surface area contributed by atoms with Gasteiger partial charge in [-0.1, -0.05) is 97.2 Å². The fourth-order valence-corrected chi connectivity index (χ4v) is 6.61. The predicted octanol–water partition coefficient (Wildman–Crippen LogP) is 7.26. The Bertz CT molecular complexity index is 1180. The Balaban J connectivity index is 1.86. The normalized spacial score (nSPS) is 14.1. The van der Waals surface area contributed by atoms with E-state index in [1.54, 1.807) is 12.1 Å². The Morgan fingerprint density at radius 1 is 0.879 bits per heavy atom. The third kappa shape index (κ3) is 7.21. The van der Waals surface area contributed by atoms with Gasteiger partial charge in [-0.25, -0.2) is 13.1 Å². The number of sulfonamides is 1. The molecule has 3 aromatic rings. The summed E-state index contributed by atoms with van der Waals surface area (Å²) < 4.78 is 29.3. The Labute approximate surface area is 212 Å². The van der Waals surface area contributed by atoms with E-state index in [9.17, 15) is 8.42 Å². The lowest BCUT2D eigenvalue weighted by Crippen LogP contribution is -2.43. The van der Waals surface area contributed by atoms with Crippen LogP contribution in [0.2, 0.25) is 15.1 Å². The number of nitrogens with one attached hydrogen (secondary N) is 1. The maximum Gasteiger partial charge on any atom is 0.212 e. The van der Waals surface area contributed by atoms with Gasteiger partial charge in [0.25, 0.3) is 0 Å². The van der Waals surface area contributed by atoms with Crippen LogP contribution in [-0.2, 0) is 21.9 Å². The molecule has 0 saturated heterocycles. The maximum absolute atomic E-state index is 13.2. The molecule has 0 amide bonds. The topological polar surface area (TPSA) is 46.2 Å². The monoisotopic (exact) mass is 523 g/mol. The molecular formula is C26H28Cl3NO2S. The van der Waals surface area contributed by atoms with E-state index in [0.29, 0.717) is 21.5 Å². The molecule has 0 heterocycles. The summed E-state index contributed by atoms with van der Waals surface area (Å²) in [5.41, 5.74) is 2.31. The quantitative estimate of drug-likeness (QED) is 0.320. The molecule has 3 nitrogen and oxygen atoms in total. The number of hydrogen-bond donors (Lipinski definition) is 1. The first-order valence-corrected chi connectivity index (χ1v) is 13.5. The van der Waals surface area contributed by atoms with Gasteiger partial charge < -0.3 is 0 Å². The molecule has 176 valence electrons. The zero-order valence-electron chi connectivity index (χ0n) is 18.9. The molecule has 33 heavy (non-hydrogen) atoms. The molecule has 0 aliphatic heterocycles. The summed E-state index contributed by atoms with van der Waals surface area (Å²) in [4.78, 5) is 0. The average Bonchev–Trinajstić information content (AvgIpc) is 2.73. The summed E-state index contributed by atoms with van der Waals surface area (Å²) in [7, 11) is -3.59. The highest BCUT2D eigenvalue weighted by Crippen LogP contribution is 2.31. The molecular weight excluding hydrogens is 497 g/mol. The van der Waals surface area contributed by atoms with Crippen LogP contribution in [0.25, 0.3) is 0 Å².